The lowest BCUT2D eigenvalue weighted by Crippen LogP contribution is -2.46. The summed E-state index contributed by atoms with van der Waals surface area (Å²) in [5.41, 5.74) is 9.79. The van der Waals surface area contributed by atoms with Gasteiger partial charge in [0.25, 0.3) is 0 Å². The first-order valence-electron chi connectivity index (χ1n) is 12.0. The normalized spacial score (nSPS) is 12.5. The zero-order chi connectivity index (χ0) is 26.9. The van der Waals surface area contributed by atoms with Crippen molar-refractivity contribution in [2.75, 3.05) is 18.9 Å². The lowest BCUT2D eigenvalue weighted by molar-refractivity contribution is 0.0508. The maximum atomic E-state index is 13.5. The van der Waals surface area contributed by atoms with Gasteiger partial charge in [0.15, 0.2) is 0 Å². The van der Waals surface area contributed by atoms with Crippen LogP contribution in [0.4, 0.5) is 9.80 Å². The van der Waals surface area contributed by atoms with Crippen molar-refractivity contribution < 1.29 is 29.0 Å². The van der Waals surface area contributed by atoms with Crippen molar-refractivity contribution in [1.29, 1.82) is 0 Å². The topological polar surface area (TPSA) is 119 Å². The first kappa shape index (κ1) is 26.2. The summed E-state index contributed by atoms with van der Waals surface area (Å²) in [4.78, 5) is 39.4. The van der Waals surface area contributed by atoms with Gasteiger partial charge in [-0.3, -0.25) is 4.90 Å². The van der Waals surface area contributed by atoms with Crippen LogP contribution in [-0.2, 0) is 16.0 Å². The molecule has 0 aliphatic heterocycles. The number of carboxylic acids is 1. The van der Waals surface area contributed by atoms with Crippen molar-refractivity contribution in [1.82, 2.24) is 4.90 Å². The number of anilines is 1. The van der Waals surface area contributed by atoms with Gasteiger partial charge in [-0.2, -0.15) is 0 Å². The number of nitrogens with zero attached hydrogens (tertiary/aromatic N) is 1. The summed E-state index contributed by atoms with van der Waals surface area (Å²) in [6.45, 7) is 7.13. The molecule has 0 radical (unpaired) electrons. The smallest absolute Gasteiger partial charge is 0.410 e. The van der Waals surface area contributed by atoms with Crippen LogP contribution in [0.1, 0.15) is 70.3 Å². The molecule has 0 saturated heterocycles. The van der Waals surface area contributed by atoms with Gasteiger partial charge < -0.3 is 20.3 Å². The fourth-order valence-corrected chi connectivity index (χ4v) is 5.55. The van der Waals surface area contributed by atoms with Gasteiger partial charge in [-0.05, 0) is 49.9 Å². The lowest BCUT2D eigenvalue weighted by Gasteiger charge is -2.35. The number of carboxylic acid groups (broad SMARTS) is 1. The van der Waals surface area contributed by atoms with E-state index in [-0.39, 0.29) is 46.7 Å². The summed E-state index contributed by atoms with van der Waals surface area (Å²) < 4.78 is 11.0. The molecule has 2 aromatic carbocycles. The van der Waals surface area contributed by atoms with Crippen LogP contribution in [0, 0.1) is 0 Å². The minimum Gasteiger partial charge on any atom is -0.477 e. The molecule has 0 fully saturated rings. The van der Waals surface area contributed by atoms with Crippen LogP contribution in [0.3, 0.4) is 0 Å². The van der Waals surface area contributed by atoms with Crippen LogP contribution >= 0.6 is 11.3 Å². The number of rotatable bonds is 7. The molecule has 0 atom stereocenters. The molecule has 3 N–H and O–H groups in total. The minimum atomic E-state index is -1.23. The number of ether oxygens (including phenoxy) is 2. The summed E-state index contributed by atoms with van der Waals surface area (Å²) in [5, 5.41) is 9.80. The number of aromatic carboxylic acids is 1. The Labute approximate surface area is 219 Å². The number of nitrogens with two attached hydrogens (primary N) is 1. The number of hydrogen-bond donors (Lipinski definition) is 2. The molecule has 0 spiro atoms. The van der Waals surface area contributed by atoms with Gasteiger partial charge in [0.1, 0.15) is 16.5 Å². The van der Waals surface area contributed by atoms with Crippen molar-refractivity contribution in [3.63, 3.8) is 0 Å². The van der Waals surface area contributed by atoms with Gasteiger partial charge in [0.05, 0.1) is 18.7 Å². The molecule has 1 aliphatic rings. The zero-order valence-corrected chi connectivity index (χ0v) is 22.1. The van der Waals surface area contributed by atoms with E-state index in [0.29, 0.717) is 0 Å². The third-order valence-electron chi connectivity index (χ3n) is 6.39. The van der Waals surface area contributed by atoms with Crippen molar-refractivity contribution in [2.45, 2.75) is 45.7 Å². The van der Waals surface area contributed by atoms with E-state index < -0.39 is 23.6 Å². The van der Waals surface area contributed by atoms with Gasteiger partial charge >= 0.3 is 18.0 Å². The Balaban J connectivity index is 1.63. The summed E-state index contributed by atoms with van der Waals surface area (Å²) in [6, 6.07) is 16.1. The molecule has 1 aromatic heterocycles. The number of benzene rings is 2. The average molecular weight is 523 g/mol. The van der Waals surface area contributed by atoms with Gasteiger partial charge in [-0.25, -0.2) is 14.4 Å². The average Bonchev–Trinajstić information content (AvgIpc) is 3.35. The number of carbonyl (C=O) groups excluding carboxylic acids is 2. The minimum absolute atomic E-state index is 0.0232. The van der Waals surface area contributed by atoms with E-state index in [4.69, 9.17) is 15.2 Å². The largest absolute Gasteiger partial charge is 0.477 e. The molecule has 3 aromatic rings. The molecule has 1 heterocycles. The van der Waals surface area contributed by atoms with Crippen LogP contribution in [-0.4, -0.2) is 46.8 Å². The quantitative estimate of drug-likeness (QED) is 0.379. The van der Waals surface area contributed by atoms with Crippen molar-refractivity contribution in [3.05, 3.63) is 75.7 Å². The van der Waals surface area contributed by atoms with Crippen molar-refractivity contribution in [2.24, 2.45) is 0 Å². The molecule has 4 rings (SSSR count). The molecule has 1 aliphatic carbocycles. The number of esters is 1. The molecule has 8 nitrogen and oxygen atoms in total. The van der Waals surface area contributed by atoms with E-state index in [1.165, 1.54) is 4.90 Å². The fourth-order valence-electron chi connectivity index (χ4n) is 4.64. The lowest BCUT2D eigenvalue weighted by atomic mass is 9.98. The number of thiophene rings is 1. The highest BCUT2D eigenvalue weighted by Gasteiger charge is 2.35. The van der Waals surface area contributed by atoms with E-state index in [2.05, 4.69) is 12.1 Å². The van der Waals surface area contributed by atoms with E-state index in [0.717, 1.165) is 33.6 Å². The van der Waals surface area contributed by atoms with Crippen molar-refractivity contribution >= 4 is 34.4 Å². The SMILES string of the molecule is CCOC(=O)c1c(N)sc(C(=O)O)c1CN(C(=O)OCC1c2ccccc2-c2ccccc21)C(C)(C)C. The molecule has 194 valence electrons. The predicted molar refractivity (Wildman–Crippen MR) is 142 cm³/mol. The number of fused-ring (bicyclic) bond motifs is 3. The van der Waals surface area contributed by atoms with Crippen LogP contribution in [0.15, 0.2) is 48.5 Å². The molecule has 37 heavy (non-hydrogen) atoms. The number of carbonyl (C=O) groups is 3. The number of hydrogen-bond acceptors (Lipinski definition) is 7. The van der Waals surface area contributed by atoms with Crippen LogP contribution in [0.25, 0.3) is 11.1 Å². The molecule has 1 amide bonds. The van der Waals surface area contributed by atoms with Crippen LogP contribution in [0.2, 0.25) is 0 Å². The van der Waals surface area contributed by atoms with Crippen molar-refractivity contribution in [3.8, 4) is 11.1 Å². The van der Waals surface area contributed by atoms with Gasteiger partial charge in [0.2, 0.25) is 0 Å². The van der Waals surface area contributed by atoms with E-state index in [1.54, 1.807) is 6.92 Å². The second-order valence-electron chi connectivity index (χ2n) is 9.74. The first-order valence-corrected chi connectivity index (χ1v) is 12.8. The fraction of sp³-hybridized carbons (Fsp3) is 0.321. The highest BCUT2D eigenvalue weighted by molar-refractivity contribution is 7.18. The van der Waals surface area contributed by atoms with E-state index in [9.17, 15) is 19.5 Å². The summed E-state index contributed by atoms with van der Waals surface area (Å²) in [5.74, 6) is -2.08. The summed E-state index contributed by atoms with van der Waals surface area (Å²) in [7, 11) is 0. The Morgan fingerprint density at radius 3 is 2.08 bits per heavy atom. The Kier molecular flexibility index (Phi) is 7.27. The Morgan fingerprint density at radius 1 is 1.00 bits per heavy atom. The second kappa shape index (κ2) is 10.3. The molecule has 0 bridgehead atoms. The second-order valence-corrected chi connectivity index (χ2v) is 10.8. The molecular weight excluding hydrogens is 492 g/mol. The maximum Gasteiger partial charge on any atom is 0.410 e. The molecule has 0 saturated carbocycles. The Morgan fingerprint density at radius 2 is 1.57 bits per heavy atom. The molecule has 9 heteroatoms. The van der Waals surface area contributed by atoms with E-state index in [1.807, 2.05) is 57.2 Å². The van der Waals surface area contributed by atoms with E-state index >= 15 is 0 Å². The monoisotopic (exact) mass is 522 g/mol. The third-order valence-corrected chi connectivity index (χ3v) is 7.44. The maximum absolute atomic E-state index is 13.5. The van der Waals surface area contributed by atoms with Gasteiger partial charge in [-0.1, -0.05) is 48.5 Å². The number of amides is 1. The molecule has 0 unspecified atom stereocenters. The third kappa shape index (κ3) is 5.04. The van der Waals surface area contributed by atoms with Crippen LogP contribution in [0.5, 0.6) is 0 Å². The first-order chi connectivity index (χ1) is 17.5. The Bertz CT molecular complexity index is 1310. The summed E-state index contributed by atoms with van der Waals surface area (Å²) >= 11 is 0.785. The van der Waals surface area contributed by atoms with Gasteiger partial charge in [-0.15, -0.1) is 11.3 Å². The highest BCUT2D eigenvalue weighted by Crippen LogP contribution is 2.44. The molecular formula is C28H30N2O6S. The summed E-state index contributed by atoms with van der Waals surface area (Å²) in [6.07, 6.45) is -0.620. The van der Waals surface area contributed by atoms with Gasteiger partial charge in [0, 0.05) is 17.0 Å². The standard InChI is InChI=1S/C28H30N2O6S/c1-5-35-26(33)22-20(23(25(31)32)37-24(22)29)14-30(28(2,3)4)27(34)36-15-21-18-12-8-6-10-16(18)17-11-7-9-13-19(17)21/h6-13,21H,5,14-15,29H2,1-4H3,(H,31,32). The highest BCUT2D eigenvalue weighted by atomic mass is 32.1. The zero-order valence-electron chi connectivity index (χ0n) is 21.2. The predicted octanol–water partition coefficient (Wildman–Crippen LogP) is 5.75. The number of nitrogen functional groups attached to an aromatic ring is 1. The van der Waals surface area contributed by atoms with Crippen LogP contribution < -0.4 is 5.73 Å². The Hall–Kier alpha value is -3.85.